The molecule has 0 radical (unpaired) electrons. The van der Waals surface area contributed by atoms with Crippen molar-refractivity contribution in [2.24, 2.45) is 5.92 Å². The largest absolute Gasteiger partial charge is 0.494 e. The number of piperazine rings is 1. The molecule has 1 aromatic heterocycles. The number of nitrogens with one attached hydrogen (secondary N) is 3. The summed E-state index contributed by atoms with van der Waals surface area (Å²) in [5.74, 6) is 1.17. The van der Waals surface area contributed by atoms with E-state index in [1.807, 2.05) is 47.4 Å². The summed E-state index contributed by atoms with van der Waals surface area (Å²) >= 11 is 6.52. The Morgan fingerprint density at radius 2 is 1.65 bits per heavy atom. The number of ether oxygens (including phenoxy) is 1. The van der Waals surface area contributed by atoms with E-state index in [0.717, 1.165) is 81.2 Å². The fourth-order valence-corrected chi connectivity index (χ4v) is 10.6. The highest BCUT2D eigenvalue weighted by molar-refractivity contribution is 7.92. The van der Waals surface area contributed by atoms with Crippen LogP contribution in [0.5, 0.6) is 5.75 Å². The monoisotopic (exact) mass is 882 g/mol. The number of piperidine rings is 2. The molecule has 3 amide bonds. The zero-order chi connectivity index (χ0) is 43.1. The van der Waals surface area contributed by atoms with Crippen molar-refractivity contribution in [2.45, 2.75) is 44.1 Å². The van der Waals surface area contributed by atoms with E-state index in [9.17, 15) is 22.8 Å². The van der Waals surface area contributed by atoms with Crippen LogP contribution in [0.1, 0.15) is 42.7 Å². The molecule has 0 saturated carbocycles. The summed E-state index contributed by atoms with van der Waals surface area (Å²) in [6.45, 7) is 6.72. The van der Waals surface area contributed by atoms with Gasteiger partial charge in [0, 0.05) is 88.2 Å². The van der Waals surface area contributed by atoms with Gasteiger partial charge in [0.05, 0.1) is 49.1 Å². The summed E-state index contributed by atoms with van der Waals surface area (Å²) in [6.07, 6.45) is 6.14. The lowest BCUT2D eigenvalue weighted by Crippen LogP contribution is -2.59. The van der Waals surface area contributed by atoms with E-state index in [-0.39, 0.29) is 34.6 Å². The number of fused-ring (bicyclic) bond motifs is 1. The molecule has 18 heteroatoms. The van der Waals surface area contributed by atoms with Crippen LogP contribution < -0.4 is 34.8 Å². The molecule has 4 saturated heterocycles. The van der Waals surface area contributed by atoms with Gasteiger partial charge < -0.3 is 30.1 Å². The zero-order valence-electron chi connectivity index (χ0n) is 34.8. The molecule has 9 rings (SSSR count). The number of carbonyl (C=O) groups excluding carboxylic acids is 3. The number of sulfonamides is 1. The average molecular weight is 883 g/mol. The molecule has 5 aliphatic rings. The third-order valence-corrected chi connectivity index (χ3v) is 14.3. The minimum atomic E-state index is -3.47. The number of rotatable bonds is 12. The number of amides is 3. The van der Waals surface area contributed by atoms with Crippen molar-refractivity contribution in [3.05, 3.63) is 83.0 Å². The van der Waals surface area contributed by atoms with E-state index >= 15 is 0 Å². The highest BCUT2D eigenvalue weighted by Gasteiger charge is 2.36. The molecule has 5 aliphatic heterocycles. The van der Waals surface area contributed by atoms with E-state index in [4.69, 9.17) is 16.3 Å². The summed E-state index contributed by atoms with van der Waals surface area (Å²) in [5, 5.41) is 9.22. The minimum Gasteiger partial charge on any atom is -0.494 e. The second-order valence-corrected chi connectivity index (χ2v) is 19.1. The van der Waals surface area contributed by atoms with Crippen LogP contribution in [0, 0.1) is 5.92 Å². The van der Waals surface area contributed by atoms with Crippen LogP contribution in [-0.2, 0) is 30.8 Å². The third kappa shape index (κ3) is 8.70. The van der Waals surface area contributed by atoms with Gasteiger partial charge in [-0.3, -0.25) is 28.9 Å². The van der Waals surface area contributed by atoms with Gasteiger partial charge in [0.15, 0.2) is 5.82 Å². The molecular formula is C44H51ClN10O6S. The first-order valence-electron chi connectivity index (χ1n) is 21.2. The van der Waals surface area contributed by atoms with Crippen LogP contribution in [0.15, 0.2) is 66.9 Å². The van der Waals surface area contributed by atoms with Crippen molar-refractivity contribution < 1.29 is 27.5 Å². The molecule has 0 bridgehead atoms. The number of methoxy groups -OCH3 is 1. The zero-order valence-corrected chi connectivity index (χ0v) is 36.4. The Hall–Kier alpha value is -5.65. The molecule has 0 spiro atoms. The molecular weight excluding hydrogens is 832 g/mol. The maximum Gasteiger partial charge on any atom is 0.236 e. The number of halogens is 1. The Bertz CT molecular complexity index is 2480. The fourth-order valence-electron chi connectivity index (χ4n) is 9.45. The number of para-hydroxylation sites is 1. The number of carbonyl (C=O) groups is 3. The van der Waals surface area contributed by atoms with Gasteiger partial charge in [0.2, 0.25) is 33.7 Å². The molecule has 3 aromatic carbocycles. The summed E-state index contributed by atoms with van der Waals surface area (Å²) in [4.78, 5) is 55.3. The van der Waals surface area contributed by atoms with Crippen LogP contribution in [0.3, 0.4) is 0 Å². The van der Waals surface area contributed by atoms with Gasteiger partial charge in [0.1, 0.15) is 10.8 Å². The molecule has 62 heavy (non-hydrogen) atoms. The molecule has 3 N–H and O–H groups in total. The van der Waals surface area contributed by atoms with Gasteiger partial charge in [-0.1, -0.05) is 35.9 Å². The number of hydrogen-bond acceptors (Lipinski definition) is 13. The summed E-state index contributed by atoms with van der Waals surface area (Å²) in [5.41, 5.74) is 5.87. The normalized spacial score (nSPS) is 20.2. The van der Waals surface area contributed by atoms with Crippen LogP contribution in [0.2, 0.25) is 5.02 Å². The Kier molecular flexibility index (Phi) is 11.6. The summed E-state index contributed by atoms with van der Waals surface area (Å²) < 4.78 is 32.3. The van der Waals surface area contributed by atoms with E-state index in [1.54, 1.807) is 13.2 Å². The number of anilines is 7. The van der Waals surface area contributed by atoms with Crippen molar-refractivity contribution >= 4 is 79.5 Å². The van der Waals surface area contributed by atoms with E-state index in [0.29, 0.717) is 72.9 Å². The molecule has 0 aliphatic carbocycles. The van der Waals surface area contributed by atoms with Crippen molar-refractivity contribution in [1.82, 2.24) is 25.1 Å². The Morgan fingerprint density at radius 3 is 2.37 bits per heavy atom. The lowest BCUT2D eigenvalue weighted by molar-refractivity contribution is -0.138. The standard InChI is InChI=1S/C44H51ClN10O6S/c1-61-38-22-33(10-12-36(38)48-44-46-23-35(45)42(50-44)47-37-5-3-4-30-14-19-55(41(30)37)62(2,59)60)51-17-15-32(16-18-51)52-20-21-53(40(57)27-52)24-28-25-54(26-28)31-8-6-29(7-9-31)34-11-13-39(56)49-43(34)58/h3-10,12,22-23,28,32,34H,11,13-21,24-27H2,1-2H3,(H,49,56,58)(H2,46,47,48,50). The molecule has 4 fully saturated rings. The van der Waals surface area contributed by atoms with E-state index in [2.05, 4.69) is 52.8 Å². The van der Waals surface area contributed by atoms with E-state index in [1.165, 1.54) is 16.8 Å². The molecule has 4 aromatic rings. The number of nitrogens with zero attached hydrogens (tertiary/aromatic N) is 7. The van der Waals surface area contributed by atoms with Gasteiger partial charge in [-0.2, -0.15) is 4.98 Å². The number of benzene rings is 3. The van der Waals surface area contributed by atoms with Gasteiger partial charge in [0.25, 0.3) is 0 Å². The lowest BCUT2D eigenvalue weighted by atomic mass is 9.90. The fraction of sp³-hybridized carbons (Fsp3) is 0.432. The predicted octanol–water partition coefficient (Wildman–Crippen LogP) is 4.72. The second kappa shape index (κ2) is 17.3. The van der Waals surface area contributed by atoms with Crippen LogP contribution in [0.25, 0.3) is 0 Å². The van der Waals surface area contributed by atoms with Gasteiger partial charge in [-0.25, -0.2) is 13.4 Å². The van der Waals surface area contributed by atoms with Crippen molar-refractivity contribution in [3.63, 3.8) is 0 Å². The number of imide groups is 1. The van der Waals surface area contributed by atoms with Crippen LogP contribution >= 0.6 is 11.6 Å². The first-order valence-corrected chi connectivity index (χ1v) is 23.4. The Labute approximate surface area is 366 Å². The first-order chi connectivity index (χ1) is 29.9. The highest BCUT2D eigenvalue weighted by Crippen LogP contribution is 2.40. The van der Waals surface area contributed by atoms with E-state index < -0.39 is 10.0 Å². The Balaban J connectivity index is 0.747. The van der Waals surface area contributed by atoms with Gasteiger partial charge in [-0.15, -0.1) is 0 Å². The number of aromatic nitrogens is 2. The predicted molar refractivity (Wildman–Crippen MR) is 240 cm³/mol. The summed E-state index contributed by atoms with van der Waals surface area (Å²) in [6, 6.07) is 20.0. The Morgan fingerprint density at radius 1 is 0.871 bits per heavy atom. The quantitative estimate of drug-likeness (QED) is 0.167. The molecule has 6 heterocycles. The van der Waals surface area contributed by atoms with Crippen molar-refractivity contribution in [3.8, 4) is 5.75 Å². The topological polar surface area (TPSA) is 173 Å². The smallest absolute Gasteiger partial charge is 0.236 e. The molecule has 326 valence electrons. The summed E-state index contributed by atoms with van der Waals surface area (Å²) in [7, 11) is -1.84. The van der Waals surface area contributed by atoms with Crippen LogP contribution in [0.4, 0.5) is 40.2 Å². The molecule has 1 atom stereocenters. The maximum absolute atomic E-state index is 13.4. The SMILES string of the molecule is COc1cc(N2CCC(N3CCN(CC4CN(c5ccc(C6CCC(=O)NC6=O)cc5)C4)C(=O)C3)CC2)ccc1Nc1ncc(Cl)c(Nc2cccc3c2N(S(C)(=O)=O)CC3)n1. The average Bonchev–Trinajstić information content (AvgIpc) is 3.71. The van der Waals surface area contributed by atoms with Crippen molar-refractivity contribution in [1.29, 1.82) is 0 Å². The second-order valence-electron chi connectivity index (χ2n) is 16.8. The van der Waals surface area contributed by atoms with Crippen molar-refractivity contribution in [2.75, 3.05) is 97.0 Å². The maximum atomic E-state index is 13.4. The first kappa shape index (κ1) is 41.7. The number of hydrogen-bond donors (Lipinski definition) is 3. The highest BCUT2D eigenvalue weighted by atomic mass is 35.5. The molecule has 16 nitrogen and oxygen atoms in total. The third-order valence-electron chi connectivity index (χ3n) is 12.8. The van der Waals surface area contributed by atoms with Gasteiger partial charge in [-0.05, 0) is 67.1 Å². The van der Waals surface area contributed by atoms with Gasteiger partial charge >= 0.3 is 0 Å². The molecule has 1 unspecified atom stereocenters. The lowest BCUT2D eigenvalue weighted by Gasteiger charge is -2.46. The minimum absolute atomic E-state index is 0.202. The van der Waals surface area contributed by atoms with Crippen LogP contribution in [-0.4, -0.2) is 124 Å².